The van der Waals surface area contributed by atoms with Gasteiger partial charge in [-0.25, -0.2) is 4.79 Å². The molecule has 0 bridgehead atoms. The molecule has 1 aliphatic rings. The van der Waals surface area contributed by atoms with E-state index < -0.39 is 0 Å². The molecule has 1 fully saturated rings. The number of aromatic nitrogens is 2. The molecule has 25 heavy (non-hydrogen) atoms. The van der Waals surface area contributed by atoms with Crippen LogP contribution >= 0.6 is 0 Å². The second-order valence-corrected chi connectivity index (χ2v) is 6.34. The van der Waals surface area contributed by atoms with Crippen LogP contribution in [0.2, 0.25) is 0 Å². The monoisotopic (exact) mass is 336 g/mol. The zero-order chi connectivity index (χ0) is 17.2. The molecule has 1 aromatic heterocycles. The van der Waals surface area contributed by atoms with E-state index in [1.54, 1.807) is 0 Å². The highest BCUT2D eigenvalue weighted by atomic mass is 16.2. The standard InChI is InChI=1S/C19H20N4O2/c24-18(12-14-4-2-1-3-5-14)23-10-8-22(9-11-23)15-6-7-16-17(13-15)21-19(25)20-16/h1-7,13H,8-12H2,(H2,20,21,25). The molecule has 0 saturated carbocycles. The molecule has 2 aromatic carbocycles. The fourth-order valence-electron chi connectivity index (χ4n) is 3.31. The molecule has 2 N–H and O–H groups in total. The summed E-state index contributed by atoms with van der Waals surface area (Å²) in [5.74, 6) is 0.177. The van der Waals surface area contributed by atoms with E-state index in [-0.39, 0.29) is 11.6 Å². The first-order valence-corrected chi connectivity index (χ1v) is 8.48. The molecule has 1 amide bonds. The van der Waals surface area contributed by atoms with E-state index in [9.17, 15) is 9.59 Å². The average Bonchev–Trinajstić information content (AvgIpc) is 3.02. The number of fused-ring (bicyclic) bond motifs is 1. The first kappa shape index (κ1) is 15.5. The number of anilines is 1. The van der Waals surface area contributed by atoms with Crippen molar-refractivity contribution in [3.05, 3.63) is 64.6 Å². The van der Waals surface area contributed by atoms with Crippen LogP contribution in [-0.2, 0) is 11.2 Å². The van der Waals surface area contributed by atoms with Crippen LogP contribution in [0.4, 0.5) is 5.69 Å². The van der Waals surface area contributed by atoms with Gasteiger partial charge in [0.2, 0.25) is 5.91 Å². The normalized spacial score (nSPS) is 14.9. The van der Waals surface area contributed by atoms with Crippen molar-refractivity contribution >= 4 is 22.6 Å². The molecule has 0 radical (unpaired) electrons. The number of benzene rings is 2. The summed E-state index contributed by atoms with van der Waals surface area (Å²) in [6.45, 7) is 3.02. The number of aromatic amines is 2. The Kier molecular flexibility index (Phi) is 4.01. The van der Waals surface area contributed by atoms with Crippen LogP contribution in [-0.4, -0.2) is 47.0 Å². The molecule has 128 valence electrons. The van der Waals surface area contributed by atoms with Crippen molar-refractivity contribution in [1.82, 2.24) is 14.9 Å². The predicted octanol–water partition coefficient (Wildman–Crippen LogP) is 1.75. The molecule has 3 aromatic rings. The zero-order valence-electron chi connectivity index (χ0n) is 13.9. The van der Waals surface area contributed by atoms with Crippen LogP contribution in [0.5, 0.6) is 0 Å². The maximum Gasteiger partial charge on any atom is 0.323 e. The molecule has 1 saturated heterocycles. The van der Waals surface area contributed by atoms with Crippen LogP contribution in [0.15, 0.2) is 53.3 Å². The molecule has 0 spiro atoms. The fourth-order valence-corrected chi connectivity index (χ4v) is 3.31. The second-order valence-electron chi connectivity index (χ2n) is 6.34. The fraction of sp³-hybridized carbons (Fsp3) is 0.263. The lowest BCUT2D eigenvalue weighted by atomic mass is 10.1. The summed E-state index contributed by atoms with van der Waals surface area (Å²) in [6.07, 6.45) is 0.456. The largest absolute Gasteiger partial charge is 0.368 e. The lowest BCUT2D eigenvalue weighted by Crippen LogP contribution is -2.49. The van der Waals surface area contributed by atoms with Crippen LogP contribution in [0.1, 0.15) is 5.56 Å². The minimum absolute atomic E-state index is 0.177. The van der Waals surface area contributed by atoms with E-state index in [0.29, 0.717) is 19.5 Å². The minimum Gasteiger partial charge on any atom is -0.368 e. The molecular formula is C19H20N4O2. The number of hydrogen-bond donors (Lipinski definition) is 2. The maximum absolute atomic E-state index is 12.5. The summed E-state index contributed by atoms with van der Waals surface area (Å²) in [5, 5.41) is 0. The molecule has 0 aliphatic carbocycles. The first-order chi connectivity index (χ1) is 12.2. The third-order valence-corrected chi connectivity index (χ3v) is 4.70. The molecule has 6 nitrogen and oxygen atoms in total. The molecule has 1 aliphatic heterocycles. The zero-order valence-corrected chi connectivity index (χ0v) is 13.9. The van der Waals surface area contributed by atoms with Crippen molar-refractivity contribution < 1.29 is 4.79 Å². The summed E-state index contributed by atoms with van der Waals surface area (Å²) < 4.78 is 0. The molecule has 0 unspecified atom stereocenters. The number of H-pyrrole nitrogens is 2. The number of carbonyl (C=O) groups is 1. The first-order valence-electron chi connectivity index (χ1n) is 8.48. The Morgan fingerprint density at radius 1 is 0.920 bits per heavy atom. The van der Waals surface area contributed by atoms with Crippen LogP contribution in [0.3, 0.4) is 0 Å². The lowest BCUT2D eigenvalue weighted by Gasteiger charge is -2.36. The summed E-state index contributed by atoms with van der Waals surface area (Å²) in [7, 11) is 0. The highest BCUT2D eigenvalue weighted by molar-refractivity contribution is 5.80. The average molecular weight is 336 g/mol. The highest BCUT2D eigenvalue weighted by Crippen LogP contribution is 2.20. The van der Waals surface area contributed by atoms with Crippen molar-refractivity contribution in [2.75, 3.05) is 31.1 Å². The Bertz CT molecular complexity index is 937. The van der Waals surface area contributed by atoms with Gasteiger partial charge in [0.25, 0.3) is 0 Å². The van der Waals surface area contributed by atoms with Gasteiger partial charge in [0.15, 0.2) is 0 Å². The number of hydrogen-bond acceptors (Lipinski definition) is 3. The van der Waals surface area contributed by atoms with Gasteiger partial charge >= 0.3 is 5.69 Å². The molecule has 0 atom stereocenters. The number of amides is 1. The number of rotatable bonds is 3. The van der Waals surface area contributed by atoms with Gasteiger partial charge in [-0.1, -0.05) is 30.3 Å². The van der Waals surface area contributed by atoms with Crippen molar-refractivity contribution in [3.8, 4) is 0 Å². The number of carbonyl (C=O) groups excluding carboxylic acids is 1. The quantitative estimate of drug-likeness (QED) is 0.765. The van der Waals surface area contributed by atoms with Crippen molar-refractivity contribution in [1.29, 1.82) is 0 Å². The van der Waals surface area contributed by atoms with Crippen molar-refractivity contribution in [2.45, 2.75) is 6.42 Å². The predicted molar refractivity (Wildman–Crippen MR) is 97.9 cm³/mol. The molecule has 4 rings (SSSR count). The smallest absolute Gasteiger partial charge is 0.323 e. The number of imidazole rings is 1. The summed E-state index contributed by atoms with van der Waals surface area (Å²) >= 11 is 0. The van der Waals surface area contributed by atoms with E-state index in [2.05, 4.69) is 14.9 Å². The second kappa shape index (κ2) is 6.47. The van der Waals surface area contributed by atoms with Gasteiger partial charge < -0.3 is 19.8 Å². The van der Waals surface area contributed by atoms with Crippen molar-refractivity contribution in [2.24, 2.45) is 0 Å². The van der Waals surface area contributed by atoms with Gasteiger partial charge in [0.05, 0.1) is 17.5 Å². The summed E-state index contributed by atoms with van der Waals surface area (Å²) in [5.41, 5.74) is 3.55. The SMILES string of the molecule is O=C(Cc1ccccc1)N1CCN(c2ccc3[nH]c(=O)[nH]c3c2)CC1. The van der Waals surface area contributed by atoms with Gasteiger partial charge in [-0.05, 0) is 23.8 Å². The van der Waals surface area contributed by atoms with E-state index in [1.807, 2.05) is 53.4 Å². The Balaban J connectivity index is 1.40. The van der Waals surface area contributed by atoms with Gasteiger partial charge in [0, 0.05) is 31.9 Å². The van der Waals surface area contributed by atoms with Gasteiger partial charge in [-0.2, -0.15) is 0 Å². The number of nitrogens with zero attached hydrogens (tertiary/aromatic N) is 2. The third-order valence-electron chi connectivity index (χ3n) is 4.70. The number of piperazine rings is 1. The van der Waals surface area contributed by atoms with E-state index >= 15 is 0 Å². The van der Waals surface area contributed by atoms with Gasteiger partial charge in [-0.15, -0.1) is 0 Å². The third kappa shape index (κ3) is 3.28. The van der Waals surface area contributed by atoms with Gasteiger partial charge in [-0.3, -0.25) is 4.79 Å². The van der Waals surface area contributed by atoms with Gasteiger partial charge in [0.1, 0.15) is 0 Å². The lowest BCUT2D eigenvalue weighted by molar-refractivity contribution is -0.130. The number of nitrogens with one attached hydrogen (secondary N) is 2. The Morgan fingerprint density at radius 3 is 2.40 bits per heavy atom. The topological polar surface area (TPSA) is 72.2 Å². The Hall–Kier alpha value is -3.02. The summed E-state index contributed by atoms with van der Waals surface area (Å²) in [6, 6.07) is 15.8. The van der Waals surface area contributed by atoms with Crippen molar-refractivity contribution in [3.63, 3.8) is 0 Å². The Morgan fingerprint density at radius 2 is 1.64 bits per heavy atom. The van der Waals surface area contributed by atoms with E-state index in [0.717, 1.165) is 35.4 Å². The van der Waals surface area contributed by atoms with Crippen LogP contribution in [0.25, 0.3) is 11.0 Å². The molecular weight excluding hydrogens is 316 g/mol. The highest BCUT2D eigenvalue weighted by Gasteiger charge is 2.21. The van der Waals surface area contributed by atoms with E-state index in [4.69, 9.17) is 0 Å². The van der Waals surface area contributed by atoms with Crippen LogP contribution in [0, 0.1) is 0 Å². The molecule has 2 heterocycles. The summed E-state index contributed by atoms with van der Waals surface area (Å²) in [4.78, 5) is 33.5. The minimum atomic E-state index is -0.191. The molecule has 6 heteroatoms. The Labute approximate surface area is 145 Å². The van der Waals surface area contributed by atoms with Crippen LogP contribution < -0.4 is 10.6 Å². The van der Waals surface area contributed by atoms with E-state index in [1.165, 1.54) is 0 Å². The maximum atomic E-state index is 12.5.